The van der Waals surface area contributed by atoms with Crippen LogP contribution < -0.4 is 4.18 Å². The van der Waals surface area contributed by atoms with Gasteiger partial charge in [0.1, 0.15) is 10.6 Å². The smallest absolute Gasteiger partial charge is 0.342 e. The van der Waals surface area contributed by atoms with Gasteiger partial charge in [0.25, 0.3) is 0 Å². The van der Waals surface area contributed by atoms with E-state index in [2.05, 4.69) is 5.10 Å². The molecule has 0 amide bonds. The van der Waals surface area contributed by atoms with E-state index >= 15 is 0 Å². The largest absolute Gasteiger partial charge is 0.379 e. The first-order valence-corrected chi connectivity index (χ1v) is 9.50. The van der Waals surface area contributed by atoms with Gasteiger partial charge in [-0.05, 0) is 57.5 Å². The van der Waals surface area contributed by atoms with Gasteiger partial charge in [0.05, 0.1) is 16.9 Å². The van der Waals surface area contributed by atoms with E-state index in [9.17, 15) is 8.42 Å². The molecule has 0 fully saturated rings. The van der Waals surface area contributed by atoms with E-state index in [0.29, 0.717) is 17.1 Å². The molecule has 0 atom stereocenters. The molecule has 5 nitrogen and oxygen atoms in total. The topological polar surface area (TPSA) is 61.2 Å². The molecule has 0 aliphatic heterocycles. The van der Waals surface area contributed by atoms with Crippen molar-refractivity contribution in [2.45, 2.75) is 45.1 Å². The summed E-state index contributed by atoms with van der Waals surface area (Å²) in [5, 5.41) is 6.35. The molecule has 0 saturated heterocycles. The zero-order chi connectivity index (χ0) is 18.4. The van der Waals surface area contributed by atoms with Crippen LogP contribution in [0, 0.1) is 13.8 Å². The third-order valence-electron chi connectivity index (χ3n) is 4.04. The third kappa shape index (κ3) is 3.26. The Morgan fingerprint density at radius 1 is 1.00 bits per heavy atom. The Labute approximate surface area is 148 Å². The molecule has 0 spiro atoms. The van der Waals surface area contributed by atoms with Gasteiger partial charge in [0, 0.05) is 0 Å². The molecule has 0 aliphatic carbocycles. The van der Waals surface area contributed by atoms with Crippen LogP contribution in [-0.2, 0) is 15.7 Å². The van der Waals surface area contributed by atoms with Crippen molar-refractivity contribution in [1.29, 1.82) is 0 Å². The van der Waals surface area contributed by atoms with E-state index in [1.54, 1.807) is 30.7 Å². The van der Waals surface area contributed by atoms with Gasteiger partial charge in [-0.2, -0.15) is 13.5 Å². The molecule has 3 aromatic rings. The molecule has 132 valence electrons. The average molecular weight is 358 g/mol. The molecular weight excluding hydrogens is 336 g/mol. The number of aromatic nitrogens is 2. The normalized spacial score (nSPS) is 12.5. The fourth-order valence-corrected chi connectivity index (χ4v) is 4.32. The zero-order valence-electron chi connectivity index (χ0n) is 15.1. The van der Waals surface area contributed by atoms with E-state index in [4.69, 9.17) is 4.18 Å². The van der Waals surface area contributed by atoms with Gasteiger partial charge in [-0.15, -0.1) is 0 Å². The van der Waals surface area contributed by atoms with Gasteiger partial charge < -0.3 is 4.18 Å². The second-order valence-electron chi connectivity index (χ2n) is 7.13. The quantitative estimate of drug-likeness (QED) is 0.659. The summed E-state index contributed by atoms with van der Waals surface area (Å²) in [6, 6.07) is 13.0. The summed E-state index contributed by atoms with van der Waals surface area (Å²) in [5.41, 5.74) is 0.699. The van der Waals surface area contributed by atoms with Crippen molar-refractivity contribution >= 4 is 20.9 Å². The van der Waals surface area contributed by atoms with Gasteiger partial charge in [-0.3, -0.25) is 4.68 Å². The van der Waals surface area contributed by atoms with Crippen LogP contribution in [0.5, 0.6) is 5.75 Å². The van der Waals surface area contributed by atoms with E-state index in [-0.39, 0.29) is 10.4 Å². The second-order valence-corrected chi connectivity index (χ2v) is 8.61. The summed E-state index contributed by atoms with van der Waals surface area (Å²) in [6.45, 7) is 9.38. The number of aryl methyl sites for hydroxylation is 1. The first kappa shape index (κ1) is 17.5. The summed E-state index contributed by atoms with van der Waals surface area (Å²) in [6.07, 6.45) is 0. The van der Waals surface area contributed by atoms with Crippen molar-refractivity contribution in [3.63, 3.8) is 0 Å². The molecule has 1 aromatic heterocycles. The number of benzene rings is 2. The summed E-state index contributed by atoms with van der Waals surface area (Å²) in [4.78, 5) is 0.135. The Morgan fingerprint density at radius 3 is 2.24 bits per heavy atom. The van der Waals surface area contributed by atoms with Gasteiger partial charge >= 0.3 is 10.1 Å². The number of fused-ring (bicyclic) bond motifs is 1. The van der Waals surface area contributed by atoms with Crippen LogP contribution in [0.25, 0.3) is 10.8 Å². The molecule has 0 unspecified atom stereocenters. The average Bonchev–Trinajstić information content (AvgIpc) is 2.82. The van der Waals surface area contributed by atoms with Crippen molar-refractivity contribution in [3.8, 4) is 5.75 Å². The molecule has 25 heavy (non-hydrogen) atoms. The SMILES string of the molecule is Cc1nn(C(C)(C)C)c(C)c1S(=O)(=O)Oc1ccc2ccccc2c1. The predicted molar refractivity (Wildman–Crippen MR) is 98.5 cm³/mol. The maximum absolute atomic E-state index is 12.8. The summed E-state index contributed by atoms with van der Waals surface area (Å²) < 4.78 is 32.8. The van der Waals surface area contributed by atoms with Gasteiger partial charge in [0.15, 0.2) is 0 Å². The third-order valence-corrected chi connectivity index (χ3v) is 5.54. The highest BCUT2D eigenvalue weighted by atomic mass is 32.2. The van der Waals surface area contributed by atoms with E-state index in [0.717, 1.165) is 10.8 Å². The van der Waals surface area contributed by atoms with Crippen LogP contribution in [0.15, 0.2) is 47.4 Å². The van der Waals surface area contributed by atoms with E-state index < -0.39 is 10.1 Å². The second kappa shape index (κ2) is 5.88. The number of rotatable bonds is 3. The lowest BCUT2D eigenvalue weighted by atomic mass is 10.1. The molecule has 1 heterocycles. The molecule has 0 radical (unpaired) electrons. The van der Waals surface area contributed by atoms with Crippen molar-refractivity contribution in [3.05, 3.63) is 53.9 Å². The summed E-state index contributed by atoms with van der Waals surface area (Å²) in [5.74, 6) is 0.293. The molecule has 0 N–H and O–H groups in total. The Kier molecular flexibility index (Phi) is 4.11. The predicted octanol–water partition coefficient (Wildman–Crippen LogP) is 4.18. The van der Waals surface area contributed by atoms with E-state index in [1.165, 1.54) is 0 Å². The van der Waals surface area contributed by atoms with Crippen LogP contribution in [0.1, 0.15) is 32.2 Å². The van der Waals surface area contributed by atoms with Gasteiger partial charge in [-0.25, -0.2) is 0 Å². The first-order valence-electron chi connectivity index (χ1n) is 8.09. The minimum atomic E-state index is -3.97. The molecule has 3 rings (SSSR count). The molecule has 6 heteroatoms. The van der Waals surface area contributed by atoms with Crippen LogP contribution in [0.4, 0.5) is 0 Å². The minimum Gasteiger partial charge on any atom is -0.379 e. The fraction of sp³-hybridized carbons (Fsp3) is 0.316. The van der Waals surface area contributed by atoms with Crippen LogP contribution in [-0.4, -0.2) is 18.2 Å². The summed E-state index contributed by atoms with van der Waals surface area (Å²) >= 11 is 0. The molecule has 0 bridgehead atoms. The molecule has 2 aromatic carbocycles. The first-order chi connectivity index (χ1) is 11.6. The minimum absolute atomic E-state index is 0.135. The monoisotopic (exact) mass is 358 g/mol. The Morgan fingerprint density at radius 2 is 1.64 bits per heavy atom. The van der Waals surface area contributed by atoms with Crippen molar-refractivity contribution in [2.75, 3.05) is 0 Å². The van der Waals surface area contributed by atoms with Crippen molar-refractivity contribution in [1.82, 2.24) is 9.78 Å². The van der Waals surface area contributed by atoms with Gasteiger partial charge in [0.2, 0.25) is 0 Å². The van der Waals surface area contributed by atoms with Gasteiger partial charge in [-0.1, -0.05) is 30.3 Å². The Balaban J connectivity index is 2.03. The lowest BCUT2D eigenvalue weighted by Gasteiger charge is -2.21. The lowest BCUT2D eigenvalue weighted by Crippen LogP contribution is -2.24. The molecule has 0 saturated carbocycles. The highest BCUT2D eigenvalue weighted by Gasteiger charge is 2.30. The number of hydrogen-bond donors (Lipinski definition) is 0. The van der Waals surface area contributed by atoms with Crippen molar-refractivity contribution < 1.29 is 12.6 Å². The fourth-order valence-electron chi connectivity index (χ4n) is 3.03. The maximum atomic E-state index is 12.8. The van der Waals surface area contributed by atoms with Crippen LogP contribution >= 0.6 is 0 Å². The summed E-state index contributed by atoms with van der Waals surface area (Å²) in [7, 11) is -3.97. The number of hydrogen-bond acceptors (Lipinski definition) is 4. The van der Waals surface area contributed by atoms with E-state index in [1.807, 2.05) is 51.1 Å². The highest BCUT2D eigenvalue weighted by Crippen LogP contribution is 2.29. The molecular formula is C19H22N2O3S. The standard InChI is InChI=1S/C19H22N2O3S/c1-13-18(14(2)21(20-13)19(3,4)5)25(22,23)24-17-11-10-15-8-6-7-9-16(15)12-17/h6-12H,1-5H3. The Bertz CT molecular complexity index is 1040. The molecule has 0 aliphatic rings. The number of nitrogens with zero attached hydrogens (tertiary/aromatic N) is 2. The lowest BCUT2D eigenvalue weighted by molar-refractivity contribution is 0.345. The van der Waals surface area contributed by atoms with Crippen molar-refractivity contribution in [2.24, 2.45) is 0 Å². The maximum Gasteiger partial charge on any atom is 0.342 e. The Hall–Kier alpha value is -2.34. The van der Waals surface area contributed by atoms with Crippen LogP contribution in [0.2, 0.25) is 0 Å². The highest BCUT2D eigenvalue weighted by molar-refractivity contribution is 7.87. The van der Waals surface area contributed by atoms with Crippen LogP contribution in [0.3, 0.4) is 0 Å². The zero-order valence-corrected chi connectivity index (χ0v) is 15.9.